The van der Waals surface area contributed by atoms with Crippen molar-refractivity contribution in [1.29, 1.82) is 0 Å². The van der Waals surface area contributed by atoms with Gasteiger partial charge in [0.1, 0.15) is 5.78 Å². The predicted molar refractivity (Wildman–Crippen MR) is 47.7 cm³/mol. The monoisotopic (exact) mass is 168 g/mol. The van der Waals surface area contributed by atoms with Crippen molar-refractivity contribution in [2.45, 2.75) is 32.8 Å². The average molecular weight is 168 g/mol. The Morgan fingerprint density at radius 1 is 1.67 bits per heavy atom. The van der Waals surface area contributed by atoms with Gasteiger partial charge in [-0.05, 0) is 19.3 Å². The van der Waals surface area contributed by atoms with Crippen LogP contribution in [-0.4, -0.2) is 17.0 Å². The third kappa shape index (κ3) is 1.75. The number of hydrogen-bond acceptors (Lipinski definition) is 2. The molecule has 3 atom stereocenters. The fourth-order valence-electron chi connectivity index (χ4n) is 1.60. The van der Waals surface area contributed by atoms with Crippen LogP contribution in [0.25, 0.3) is 0 Å². The molecule has 0 heterocycles. The van der Waals surface area contributed by atoms with E-state index in [-0.39, 0.29) is 17.6 Å². The number of aliphatic hydroxyl groups excluding tert-OH is 1. The van der Waals surface area contributed by atoms with Crippen molar-refractivity contribution in [2.24, 2.45) is 11.8 Å². The summed E-state index contributed by atoms with van der Waals surface area (Å²) in [6.07, 6.45) is 0.795. The summed E-state index contributed by atoms with van der Waals surface area (Å²) in [4.78, 5) is 11.3. The van der Waals surface area contributed by atoms with E-state index in [0.717, 1.165) is 5.57 Å². The molecule has 0 aromatic carbocycles. The van der Waals surface area contributed by atoms with Gasteiger partial charge in [-0.3, -0.25) is 4.79 Å². The molecule has 1 aliphatic carbocycles. The number of allylic oxidation sites excluding steroid dienone is 1. The van der Waals surface area contributed by atoms with Crippen LogP contribution in [-0.2, 0) is 4.79 Å². The van der Waals surface area contributed by atoms with E-state index in [1.807, 2.05) is 6.92 Å². The summed E-state index contributed by atoms with van der Waals surface area (Å²) >= 11 is 0. The van der Waals surface area contributed by atoms with Gasteiger partial charge in [-0.2, -0.15) is 0 Å². The van der Waals surface area contributed by atoms with Crippen molar-refractivity contribution in [3.05, 3.63) is 12.2 Å². The van der Waals surface area contributed by atoms with Gasteiger partial charge in [-0.15, -0.1) is 0 Å². The standard InChI is InChI=1S/C10H16O2/c1-6(2)8-4-9(11)7(3)10(12)5-8/h7-9,11H,1,4-5H2,2-3H3/t7-,8-,9-/m0/s1. The number of aliphatic hydroxyl groups is 1. The van der Waals surface area contributed by atoms with Crippen LogP contribution in [0.5, 0.6) is 0 Å². The normalized spacial score (nSPS) is 36.6. The van der Waals surface area contributed by atoms with E-state index >= 15 is 0 Å². The van der Waals surface area contributed by atoms with Crippen LogP contribution in [0.2, 0.25) is 0 Å². The van der Waals surface area contributed by atoms with E-state index in [4.69, 9.17) is 0 Å². The third-order valence-electron chi connectivity index (χ3n) is 2.76. The Hall–Kier alpha value is -0.630. The molecule has 12 heavy (non-hydrogen) atoms. The second-order valence-electron chi connectivity index (χ2n) is 3.81. The lowest BCUT2D eigenvalue weighted by Gasteiger charge is -2.30. The van der Waals surface area contributed by atoms with Crippen molar-refractivity contribution in [3.8, 4) is 0 Å². The molecule has 1 saturated carbocycles. The van der Waals surface area contributed by atoms with E-state index in [0.29, 0.717) is 12.8 Å². The quantitative estimate of drug-likeness (QED) is 0.603. The van der Waals surface area contributed by atoms with Gasteiger partial charge < -0.3 is 5.11 Å². The molecule has 1 N–H and O–H groups in total. The Morgan fingerprint density at radius 3 is 2.67 bits per heavy atom. The minimum atomic E-state index is -0.465. The highest BCUT2D eigenvalue weighted by molar-refractivity contribution is 5.82. The first kappa shape index (κ1) is 9.46. The summed E-state index contributed by atoms with van der Waals surface area (Å²) in [5.74, 6) is 0.186. The van der Waals surface area contributed by atoms with E-state index in [2.05, 4.69) is 6.58 Å². The Bertz CT molecular complexity index is 208. The molecular formula is C10H16O2. The summed E-state index contributed by atoms with van der Waals surface area (Å²) in [6, 6.07) is 0. The van der Waals surface area contributed by atoms with Crippen molar-refractivity contribution in [1.82, 2.24) is 0 Å². The summed E-state index contributed by atoms with van der Waals surface area (Å²) in [6.45, 7) is 7.52. The number of ketones is 1. The fourth-order valence-corrected chi connectivity index (χ4v) is 1.60. The first-order valence-corrected chi connectivity index (χ1v) is 4.38. The molecule has 1 aliphatic rings. The first-order valence-electron chi connectivity index (χ1n) is 4.38. The number of carbonyl (C=O) groups excluding carboxylic acids is 1. The molecular weight excluding hydrogens is 152 g/mol. The van der Waals surface area contributed by atoms with Crippen molar-refractivity contribution in [3.63, 3.8) is 0 Å². The number of hydrogen-bond donors (Lipinski definition) is 1. The molecule has 0 spiro atoms. The van der Waals surface area contributed by atoms with Crippen LogP contribution in [0.3, 0.4) is 0 Å². The lowest BCUT2D eigenvalue weighted by Crippen LogP contribution is -2.35. The fraction of sp³-hybridized carbons (Fsp3) is 0.700. The van der Waals surface area contributed by atoms with Gasteiger partial charge in [0.15, 0.2) is 0 Å². The Labute approximate surface area is 73.3 Å². The van der Waals surface area contributed by atoms with E-state index in [1.54, 1.807) is 6.92 Å². The van der Waals surface area contributed by atoms with Crippen LogP contribution in [0, 0.1) is 11.8 Å². The zero-order valence-corrected chi connectivity index (χ0v) is 7.71. The lowest BCUT2D eigenvalue weighted by atomic mass is 9.77. The van der Waals surface area contributed by atoms with E-state index < -0.39 is 6.10 Å². The molecule has 0 unspecified atom stereocenters. The number of rotatable bonds is 1. The molecule has 0 aliphatic heterocycles. The van der Waals surface area contributed by atoms with E-state index in [1.165, 1.54) is 0 Å². The lowest BCUT2D eigenvalue weighted by molar-refractivity contribution is -0.129. The molecule has 0 bridgehead atoms. The highest BCUT2D eigenvalue weighted by atomic mass is 16.3. The molecule has 1 rings (SSSR count). The molecule has 68 valence electrons. The van der Waals surface area contributed by atoms with Gasteiger partial charge >= 0.3 is 0 Å². The number of Topliss-reactive ketones (excluding diaryl/α,β-unsaturated/α-hetero) is 1. The van der Waals surface area contributed by atoms with Crippen LogP contribution in [0.1, 0.15) is 26.7 Å². The third-order valence-corrected chi connectivity index (χ3v) is 2.76. The molecule has 0 aromatic rings. The minimum Gasteiger partial charge on any atom is -0.392 e. The molecule has 2 heteroatoms. The summed E-state index contributed by atoms with van der Waals surface area (Å²) in [5, 5.41) is 9.51. The highest BCUT2D eigenvalue weighted by Crippen LogP contribution is 2.30. The van der Waals surface area contributed by atoms with Gasteiger partial charge in [-0.25, -0.2) is 0 Å². The summed E-state index contributed by atoms with van der Waals surface area (Å²) in [5.41, 5.74) is 1.01. The van der Waals surface area contributed by atoms with Crippen LogP contribution >= 0.6 is 0 Å². The Kier molecular flexibility index (Phi) is 2.68. The topological polar surface area (TPSA) is 37.3 Å². The average Bonchev–Trinajstić information content (AvgIpc) is 1.99. The Balaban J connectivity index is 2.66. The summed E-state index contributed by atoms with van der Waals surface area (Å²) < 4.78 is 0. The maximum atomic E-state index is 11.3. The van der Waals surface area contributed by atoms with Crippen LogP contribution in [0.4, 0.5) is 0 Å². The summed E-state index contributed by atoms with van der Waals surface area (Å²) in [7, 11) is 0. The smallest absolute Gasteiger partial charge is 0.138 e. The minimum absolute atomic E-state index is 0.168. The van der Waals surface area contributed by atoms with Gasteiger partial charge in [0.05, 0.1) is 6.10 Å². The number of carbonyl (C=O) groups is 1. The molecule has 0 amide bonds. The van der Waals surface area contributed by atoms with Crippen molar-refractivity contribution >= 4 is 5.78 Å². The molecule has 1 fully saturated rings. The first-order chi connectivity index (χ1) is 5.52. The second-order valence-corrected chi connectivity index (χ2v) is 3.81. The van der Waals surface area contributed by atoms with Crippen LogP contribution < -0.4 is 0 Å². The zero-order valence-electron chi connectivity index (χ0n) is 7.71. The largest absolute Gasteiger partial charge is 0.392 e. The van der Waals surface area contributed by atoms with E-state index in [9.17, 15) is 9.90 Å². The van der Waals surface area contributed by atoms with Gasteiger partial charge in [0, 0.05) is 12.3 Å². The molecule has 2 nitrogen and oxygen atoms in total. The Morgan fingerprint density at radius 2 is 2.25 bits per heavy atom. The van der Waals surface area contributed by atoms with Gasteiger partial charge in [0.2, 0.25) is 0 Å². The molecule has 0 aromatic heterocycles. The molecule has 0 saturated heterocycles. The molecule has 0 radical (unpaired) electrons. The van der Waals surface area contributed by atoms with Crippen molar-refractivity contribution < 1.29 is 9.90 Å². The van der Waals surface area contributed by atoms with Gasteiger partial charge in [-0.1, -0.05) is 19.1 Å². The zero-order chi connectivity index (χ0) is 9.30. The van der Waals surface area contributed by atoms with Gasteiger partial charge in [0.25, 0.3) is 0 Å². The highest BCUT2D eigenvalue weighted by Gasteiger charge is 2.32. The maximum absolute atomic E-state index is 11.3. The van der Waals surface area contributed by atoms with Crippen molar-refractivity contribution in [2.75, 3.05) is 0 Å². The predicted octanol–water partition coefficient (Wildman–Crippen LogP) is 1.54. The second kappa shape index (κ2) is 3.40. The maximum Gasteiger partial charge on any atom is 0.138 e. The SMILES string of the molecule is C=C(C)[C@@H]1CC(=O)[C@@H](C)[C@@H](O)C1. The van der Waals surface area contributed by atoms with Crippen LogP contribution in [0.15, 0.2) is 12.2 Å².